The van der Waals surface area contributed by atoms with E-state index in [1.807, 2.05) is 0 Å². The monoisotopic (exact) mass is 1020 g/mol. The Bertz CT molecular complexity index is 1960. The van der Waals surface area contributed by atoms with Crippen molar-refractivity contribution in [3.8, 4) is 0 Å². The standard InChI is InChI=1S/C11H14O3.C10H14O3.C9H12O3.C7H10O3.C6H8O3.C5H6O3.C3H4O3/c12-11-13-8-4-7-5-1-2-6(3-5)9(7)10(8)14-11;11-10-12-8-5-6-3-1-2-4-7(6)9(8)13-10;10-9-11-7-5-3-1-2-4-6(5)8(7)12-9;8-7-9-5-3-1-2-4-6(5)10-7;7-6-8-4-2-1-3-5(4)9-6;6-5-7-3-1-2-4(3)8-5;4-3-5-1-2-6-3/h5-10H,1-4H2;6-9H,1-5H2;5-8H,1-4H2;5-6H,1-4H2;4-5H,1-3H2;3-4H,1-2H2;1-2H2. The topological polar surface area (TPSA) is 249 Å². The Labute approximate surface area is 417 Å². The van der Waals surface area contributed by atoms with Crippen molar-refractivity contribution >= 4 is 43.1 Å². The van der Waals surface area contributed by atoms with Crippen molar-refractivity contribution in [1.29, 1.82) is 0 Å². The molecule has 0 spiro atoms. The smallest absolute Gasteiger partial charge is 0.431 e. The summed E-state index contributed by atoms with van der Waals surface area (Å²) in [7, 11) is 0. The lowest BCUT2D eigenvalue weighted by molar-refractivity contribution is -0.0940. The van der Waals surface area contributed by atoms with Crippen molar-refractivity contribution in [1.82, 2.24) is 0 Å². The third-order valence-corrected chi connectivity index (χ3v) is 18.4. The maximum atomic E-state index is 11.0. The van der Waals surface area contributed by atoms with E-state index in [0.717, 1.165) is 94.3 Å². The van der Waals surface area contributed by atoms with Crippen molar-refractivity contribution in [2.45, 2.75) is 215 Å². The van der Waals surface area contributed by atoms with Gasteiger partial charge < -0.3 is 66.3 Å². The highest BCUT2D eigenvalue weighted by atomic mass is 16.8. The van der Waals surface area contributed by atoms with E-state index < -0.39 is 43.1 Å². The average molecular weight is 1020 g/mol. The maximum absolute atomic E-state index is 11.0. The minimum absolute atomic E-state index is 0.0706. The third kappa shape index (κ3) is 10.5. The van der Waals surface area contributed by atoms with E-state index >= 15 is 0 Å². The molecule has 7 saturated heterocycles. The van der Waals surface area contributed by atoms with Crippen molar-refractivity contribution in [3.05, 3.63) is 0 Å². The Kier molecular flexibility index (Phi) is 14.6. The molecule has 20 unspecified atom stereocenters. The van der Waals surface area contributed by atoms with E-state index in [1.54, 1.807) is 0 Å². The molecule has 21 heteroatoms. The highest BCUT2D eigenvalue weighted by Gasteiger charge is 2.62. The maximum Gasteiger partial charge on any atom is 0.509 e. The van der Waals surface area contributed by atoms with Gasteiger partial charge in [-0.15, -0.1) is 0 Å². The van der Waals surface area contributed by atoms with Crippen LogP contribution in [0.5, 0.6) is 0 Å². The summed E-state index contributed by atoms with van der Waals surface area (Å²) >= 11 is 0. The molecule has 21 nitrogen and oxygen atoms in total. The van der Waals surface area contributed by atoms with E-state index in [1.165, 1.54) is 70.6 Å². The van der Waals surface area contributed by atoms with Crippen molar-refractivity contribution in [2.75, 3.05) is 13.2 Å². The number of cyclic esters (lactones) is 2. The first-order valence-corrected chi connectivity index (χ1v) is 27.0. The Morgan fingerprint density at radius 2 is 0.625 bits per heavy atom. The van der Waals surface area contributed by atoms with Crippen LogP contribution in [0.15, 0.2) is 0 Å². The summed E-state index contributed by atoms with van der Waals surface area (Å²) in [6.45, 7) is 0.831. The summed E-state index contributed by atoms with van der Waals surface area (Å²) < 4.78 is 68.4. The van der Waals surface area contributed by atoms with E-state index in [9.17, 15) is 33.6 Å². The van der Waals surface area contributed by atoms with Crippen LogP contribution in [-0.2, 0) is 66.3 Å². The van der Waals surface area contributed by atoms with Gasteiger partial charge in [0.1, 0.15) is 86.5 Å². The molecule has 72 heavy (non-hydrogen) atoms. The molecule has 10 aliphatic carbocycles. The molecular weight excluding hydrogens is 949 g/mol. The van der Waals surface area contributed by atoms with E-state index in [0.29, 0.717) is 36.9 Å². The molecule has 2 bridgehead atoms. The van der Waals surface area contributed by atoms with Gasteiger partial charge in [-0.2, -0.15) is 0 Å². The zero-order valence-electron chi connectivity index (χ0n) is 40.6. The van der Waals surface area contributed by atoms with Crippen LogP contribution in [0, 0.1) is 47.3 Å². The Morgan fingerprint density at radius 3 is 1.12 bits per heavy atom. The molecular formula is C51H68O21. The molecule has 0 amide bonds. The number of rotatable bonds is 0. The molecule has 0 N–H and O–H groups in total. The van der Waals surface area contributed by atoms with Gasteiger partial charge in [-0.1, -0.05) is 25.7 Å². The average Bonchev–Trinajstić information content (AvgIpc) is 4.19. The lowest BCUT2D eigenvalue weighted by atomic mass is 9.61. The minimum atomic E-state index is -0.546. The van der Waals surface area contributed by atoms with Crippen LogP contribution in [0.1, 0.15) is 141 Å². The molecule has 0 aromatic carbocycles. The Hall–Kier alpha value is -5.11. The normalized spacial score (nSPS) is 44.8. The molecule has 17 aliphatic rings. The van der Waals surface area contributed by atoms with Crippen molar-refractivity contribution in [2.24, 2.45) is 47.3 Å². The van der Waals surface area contributed by atoms with Gasteiger partial charge in [0.15, 0.2) is 0 Å². The summed E-state index contributed by atoms with van der Waals surface area (Å²) in [5.41, 5.74) is 0. The van der Waals surface area contributed by atoms with Gasteiger partial charge in [0.2, 0.25) is 0 Å². The van der Waals surface area contributed by atoms with Crippen molar-refractivity contribution in [3.63, 3.8) is 0 Å². The zero-order chi connectivity index (χ0) is 49.5. The van der Waals surface area contributed by atoms with Gasteiger partial charge in [-0.05, 0) is 139 Å². The van der Waals surface area contributed by atoms with Crippen LogP contribution in [0.2, 0.25) is 0 Å². The van der Waals surface area contributed by atoms with E-state index in [-0.39, 0.29) is 73.2 Å². The van der Waals surface area contributed by atoms with E-state index in [4.69, 9.17) is 56.8 Å². The van der Waals surface area contributed by atoms with Crippen molar-refractivity contribution < 1.29 is 99.9 Å². The van der Waals surface area contributed by atoms with Gasteiger partial charge in [-0.25, -0.2) is 33.6 Å². The van der Waals surface area contributed by atoms with Crippen LogP contribution >= 0.6 is 0 Å². The number of hydrogen-bond donors (Lipinski definition) is 0. The molecule has 0 radical (unpaired) electrons. The third-order valence-electron chi connectivity index (χ3n) is 18.4. The van der Waals surface area contributed by atoms with Crippen LogP contribution in [-0.4, -0.2) is 130 Å². The number of hydrogen-bond acceptors (Lipinski definition) is 21. The molecule has 17 fully saturated rings. The molecule has 7 aliphatic heterocycles. The number of ether oxygens (including phenoxy) is 14. The fraction of sp³-hybridized carbons (Fsp3) is 0.863. The Balaban J connectivity index is 0.0000000921. The highest BCUT2D eigenvalue weighted by molar-refractivity contribution is 5.65. The first-order valence-electron chi connectivity index (χ1n) is 27.0. The lowest BCUT2D eigenvalue weighted by Crippen LogP contribution is -2.54. The molecule has 20 atom stereocenters. The van der Waals surface area contributed by atoms with Crippen LogP contribution in [0.25, 0.3) is 0 Å². The molecule has 7 heterocycles. The summed E-state index contributed by atoms with van der Waals surface area (Å²) in [5.74, 6) is 5.79. The molecule has 0 aromatic rings. The second kappa shape index (κ2) is 21.4. The van der Waals surface area contributed by atoms with Gasteiger partial charge in [0.25, 0.3) is 0 Å². The van der Waals surface area contributed by atoms with Crippen LogP contribution in [0.4, 0.5) is 33.6 Å². The SMILES string of the molecule is O=C1OC2C3CCCCC3C2O1.O=C1OC2CC3C4CCC(C4)C3C2O1.O=C1OC2CC3CCCCC3C2O1.O=C1OC2CCC2O1.O=C1OC2CCCC2O1.O=C1OC2CCCCC2O1.O=C1OCCO1. The quantitative estimate of drug-likeness (QED) is 0.162. The summed E-state index contributed by atoms with van der Waals surface area (Å²) in [4.78, 5) is 73.7. The predicted octanol–water partition coefficient (Wildman–Crippen LogP) is 9.14. The molecule has 10 saturated carbocycles. The second-order valence-corrected chi connectivity index (χ2v) is 22.2. The molecule has 398 valence electrons. The Morgan fingerprint density at radius 1 is 0.250 bits per heavy atom. The summed E-state index contributed by atoms with van der Waals surface area (Å²) in [6, 6.07) is 0. The van der Waals surface area contributed by atoms with Gasteiger partial charge in [0.05, 0.1) is 0 Å². The highest BCUT2D eigenvalue weighted by Crippen LogP contribution is 2.61. The largest absolute Gasteiger partial charge is 0.509 e. The minimum Gasteiger partial charge on any atom is -0.431 e. The van der Waals surface area contributed by atoms with Gasteiger partial charge >= 0.3 is 43.1 Å². The number of carbonyl (C=O) groups excluding carboxylic acids is 7. The molecule has 0 aromatic heterocycles. The second-order valence-electron chi connectivity index (χ2n) is 22.2. The van der Waals surface area contributed by atoms with Gasteiger partial charge in [0, 0.05) is 23.7 Å². The first kappa shape index (κ1) is 49.1. The van der Waals surface area contributed by atoms with Gasteiger partial charge in [-0.3, -0.25) is 0 Å². The van der Waals surface area contributed by atoms with Crippen LogP contribution < -0.4 is 0 Å². The zero-order valence-corrected chi connectivity index (χ0v) is 40.6. The lowest BCUT2D eigenvalue weighted by Gasteiger charge is -2.47. The van der Waals surface area contributed by atoms with Crippen LogP contribution in [0.3, 0.4) is 0 Å². The summed E-state index contributed by atoms with van der Waals surface area (Å²) in [5, 5.41) is 0. The molecule has 17 rings (SSSR count). The fourth-order valence-corrected chi connectivity index (χ4v) is 14.9. The predicted molar refractivity (Wildman–Crippen MR) is 238 cm³/mol. The number of fused-ring (bicyclic) bond motifs is 17. The number of carbonyl (C=O) groups is 7. The first-order chi connectivity index (χ1) is 35.0. The fourth-order valence-electron chi connectivity index (χ4n) is 14.9. The summed E-state index contributed by atoms with van der Waals surface area (Å²) in [6.07, 6.45) is 23.6. The van der Waals surface area contributed by atoms with E-state index in [2.05, 4.69) is 9.47 Å².